The minimum absolute atomic E-state index is 0.0138. The first kappa shape index (κ1) is 20.6. The van der Waals surface area contributed by atoms with E-state index in [0.717, 1.165) is 44.9 Å². The summed E-state index contributed by atoms with van der Waals surface area (Å²) < 4.78 is 5.99. The van der Waals surface area contributed by atoms with Crippen molar-refractivity contribution >= 4 is 5.78 Å². The van der Waals surface area contributed by atoms with Crippen molar-refractivity contribution in [2.75, 3.05) is 7.11 Å². The molecule has 0 heterocycles. The maximum absolute atomic E-state index is 14.1. The molecule has 9 atom stereocenters. The van der Waals surface area contributed by atoms with E-state index in [2.05, 4.69) is 39.8 Å². The lowest BCUT2D eigenvalue weighted by molar-refractivity contribution is -0.194. The fourth-order valence-corrected chi connectivity index (χ4v) is 8.15. The molecule has 1 N–H and O–H groups in total. The lowest BCUT2D eigenvalue weighted by Crippen LogP contribution is -2.63. The van der Waals surface area contributed by atoms with Crippen LogP contribution in [-0.4, -0.2) is 30.2 Å². The molecule has 0 aromatic carbocycles. The molecule has 0 saturated heterocycles. The molecule has 0 spiro atoms. The second-order valence-corrected chi connectivity index (χ2v) is 11.0. The Kier molecular flexibility index (Phi) is 5.11. The van der Waals surface area contributed by atoms with Crippen molar-refractivity contribution in [3.63, 3.8) is 0 Å². The van der Waals surface area contributed by atoms with Crippen LogP contribution in [0.1, 0.15) is 79.1 Å². The molecule has 3 saturated carbocycles. The maximum Gasteiger partial charge on any atom is 0.142 e. The average molecular weight is 389 g/mol. The summed E-state index contributed by atoms with van der Waals surface area (Å²) >= 11 is 0. The number of aliphatic hydroxyl groups is 1. The number of ether oxygens (including phenoxy) is 1. The fraction of sp³-hybridized carbons (Fsp3) is 0.880. The largest absolute Gasteiger partial charge is 0.393 e. The molecule has 3 fully saturated rings. The van der Waals surface area contributed by atoms with Crippen molar-refractivity contribution in [3.8, 4) is 0 Å². The number of Topliss-reactive ketones (excluding diaryl/α,β-unsaturated/α-hetero) is 1. The van der Waals surface area contributed by atoms with Gasteiger partial charge in [0.15, 0.2) is 0 Å². The number of carbonyl (C=O) groups is 1. The standard InChI is InChI=1S/C25H40O3/c1-16-11-13-25-14-12-19(28-5)21(25)24(16,4)20(26)15-23(3,22(27)17(25)2)18-9-7-6-8-10-18/h7,9,16-21,26H,6,8,10-15H2,1-5H3/t16-,17+,18?,19-,20-,21?,23+,24+,25?/m1/s1. The lowest BCUT2D eigenvalue weighted by atomic mass is 9.43. The Morgan fingerprint density at radius 1 is 1.14 bits per heavy atom. The Hall–Kier alpha value is -0.670. The predicted octanol–water partition coefficient (Wildman–Crippen LogP) is 5.17. The number of ketones is 1. The summed E-state index contributed by atoms with van der Waals surface area (Å²) in [6.07, 6.45) is 12.5. The van der Waals surface area contributed by atoms with E-state index < -0.39 is 11.5 Å². The lowest BCUT2D eigenvalue weighted by Gasteiger charge is -2.62. The third-order valence-corrected chi connectivity index (χ3v) is 10.2. The van der Waals surface area contributed by atoms with Crippen LogP contribution in [0.5, 0.6) is 0 Å². The monoisotopic (exact) mass is 388 g/mol. The van der Waals surface area contributed by atoms with Gasteiger partial charge in [-0.3, -0.25) is 4.79 Å². The molecular formula is C25H40O3. The van der Waals surface area contributed by atoms with Crippen LogP contribution >= 0.6 is 0 Å². The molecule has 28 heavy (non-hydrogen) atoms. The highest BCUT2D eigenvalue weighted by Gasteiger charge is 2.68. The SMILES string of the molecule is CO[C@@H]1CCC23CC[C@@H](C)[C@](C)(C12)[C@H](O)C[C@@](C)(C1C=CCCC1)C(=O)[C@@H]3C. The Balaban J connectivity index is 1.85. The quantitative estimate of drug-likeness (QED) is 0.664. The first-order chi connectivity index (χ1) is 13.2. The molecule has 3 unspecified atom stereocenters. The molecule has 4 aliphatic rings. The average Bonchev–Trinajstić information content (AvgIpc) is 3.10. The molecule has 2 bridgehead atoms. The van der Waals surface area contributed by atoms with Gasteiger partial charge < -0.3 is 9.84 Å². The van der Waals surface area contributed by atoms with Gasteiger partial charge >= 0.3 is 0 Å². The Morgan fingerprint density at radius 2 is 1.86 bits per heavy atom. The van der Waals surface area contributed by atoms with E-state index in [1.54, 1.807) is 0 Å². The first-order valence-corrected chi connectivity index (χ1v) is 11.6. The highest BCUT2D eigenvalue weighted by Crippen LogP contribution is 2.68. The van der Waals surface area contributed by atoms with Crippen molar-refractivity contribution in [3.05, 3.63) is 12.2 Å². The van der Waals surface area contributed by atoms with Gasteiger partial charge in [0.05, 0.1) is 12.2 Å². The first-order valence-electron chi connectivity index (χ1n) is 11.6. The number of hydrogen-bond donors (Lipinski definition) is 1. The second kappa shape index (κ2) is 6.94. The van der Waals surface area contributed by atoms with Gasteiger partial charge in [-0.25, -0.2) is 0 Å². The highest BCUT2D eigenvalue weighted by molar-refractivity contribution is 5.88. The molecule has 3 heteroatoms. The zero-order chi connectivity index (χ0) is 20.3. The van der Waals surface area contributed by atoms with Crippen molar-refractivity contribution in [2.45, 2.75) is 91.3 Å². The van der Waals surface area contributed by atoms with Gasteiger partial charge in [-0.15, -0.1) is 0 Å². The van der Waals surface area contributed by atoms with Gasteiger partial charge in [0, 0.05) is 23.9 Å². The van der Waals surface area contributed by atoms with Gasteiger partial charge in [-0.05, 0) is 74.5 Å². The molecule has 4 aliphatic carbocycles. The van der Waals surface area contributed by atoms with Gasteiger partial charge in [0.25, 0.3) is 0 Å². The zero-order valence-corrected chi connectivity index (χ0v) is 18.5. The molecular weight excluding hydrogens is 348 g/mol. The summed E-state index contributed by atoms with van der Waals surface area (Å²) in [6, 6.07) is 0. The number of hydrogen-bond acceptors (Lipinski definition) is 3. The third kappa shape index (κ3) is 2.57. The van der Waals surface area contributed by atoms with Crippen LogP contribution < -0.4 is 0 Å². The smallest absolute Gasteiger partial charge is 0.142 e. The van der Waals surface area contributed by atoms with E-state index in [-0.39, 0.29) is 34.7 Å². The van der Waals surface area contributed by atoms with Crippen molar-refractivity contribution in [1.29, 1.82) is 0 Å². The van der Waals surface area contributed by atoms with Crippen LogP contribution in [0.2, 0.25) is 0 Å². The molecule has 0 aliphatic heterocycles. The van der Waals surface area contributed by atoms with Gasteiger partial charge in [-0.2, -0.15) is 0 Å². The van der Waals surface area contributed by atoms with E-state index in [4.69, 9.17) is 4.74 Å². The maximum atomic E-state index is 14.1. The summed E-state index contributed by atoms with van der Waals surface area (Å²) in [5.41, 5.74) is -0.665. The van der Waals surface area contributed by atoms with E-state index in [1.165, 1.54) is 0 Å². The van der Waals surface area contributed by atoms with Crippen LogP contribution in [0.4, 0.5) is 0 Å². The Labute approximate surface area is 171 Å². The van der Waals surface area contributed by atoms with E-state index in [0.29, 0.717) is 18.1 Å². The minimum atomic E-state index is -0.461. The minimum Gasteiger partial charge on any atom is -0.393 e. The summed E-state index contributed by atoms with van der Waals surface area (Å²) in [4.78, 5) is 14.1. The normalized spacial score (nSPS) is 54.1. The number of rotatable bonds is 2. The van der Waals surface area contributed by atoms with Gasteiger partial charge in [-0.1, -0.05) is 39.8 Å². The fourth-order valence-electron chi connectivity index (χ4n) is 8.15. The molecule has 3 nitrogen and oxygen atoms in total. The summed E-state index contributed by atoms with van der Waals surface area (Å²) in [7, 11) is 1.82. The van der Waals surface area contributed by atoms with Crippen molar-refractivity contribution < 1.29 is 14.6 Å². The molecule has 0 radical (unpaired) electrons. The molecule has 0 amide bonds. The van der Waals surface area contributed by atoms with Gasteiger partial charge in [0.2, 0.25) is 0 Å². The topological polar surface area (TPSA) is 46.5 Å². The predicted molar refractivity (Wildman–Crippen MR) is 112 cm³/mol. The zero-order valence-electron chi connectivity index (χ0n) is 18.5. The summed E-state index contributed by atoms with van der Waals surface area (Å²) in [5.74, 6) is 1.42. The Morgan fingerprint density at radius 3 is 2.50 bits per heavy atom. The summed E-state index contributed by atoms with van der Waals surface area (Å²) in [5, 5.41) is 11.8. The number of allylic oxidation sites excluding steroid dienone is 2. The number of methoxy groups -OCH3 is 1. The van der Waals surface area contributed by atoms with E-state index >= 15 is 0 Å². The molecule has 0 aromatic heterocycles. The van der Waals surface area contributed by atoms with Crippen LogP contribution in [0.15, 0.2) is 12.2 Å². The van der Waals surface area contributed by atoms with Crippen LogP contribution in [0.25, 0.3) is 0 Å². The summed E-state index contributed by atoms with van der Waals surface area (Å²) in [6.45, 7) is 9.02. The Bertz CT molecular complexity index is 656. The number of aliphatic hydroxyl groups excluding tert-OH is 1. The van der Waals surface area contributed by atoms with Crippen molar-refractivity contribution in [2.24, 2.45) is 39.9 Å². The van der Waals surface area contributed by atoms with Crippen LogP contribution in [0, 0.1) is 39.9 Å². The third-order valence-electron chi connectivity index (χ3n) is 10.2. The van der Waals surface area contributed by atoms with Crippen LogP contribution in [-0.2, 0) is 9.53 Å². The van der Waals surface area contributed by atoms with E-state index in [1.807, 2.05) is 7.11 Å². The molecule has 158 valence electrons. The number of carbonyl (C=O) groups excluding carboxylic acids is 1. The second-order valence-electron chi connectivity index (χ2n) is 11.0. The van der Waals surface area contributed by atoms with Crippen molar-refractivity contribution in [1.82, 2.24) is 0 Å². The molecule has 0 aromatic rings. The van der Waals surface area contributed by atoms with Crippen LogP contribution in [0.3, 0.4) is 0 Å². The van der Waals surface area contributed by atoms with Gasteiger partial charge in [0.1, 0.15) is 5.78 Å². The molecule has 4 rings (SSSR count). The van der Waals surface area contributed by atoms with E-state index in [9.17, 15) is 9.90 Å². The highest BCUT2D eigenvalue weighted by atomic mass is 16.5.